The van der Waals surface area contributed by atoms with Gasteiger partial charge >= 0.3 is 19.8 Å². The molecule has 2 amide bonds. The third kappa shape index (κ3) is 3.73. The van der Waals surface area contributed by atoms with Crippen LogP contribution in [0.15, 0.2) is 30.3 Å². The first-order chi connectivity index (χ1) is 12.1. The largest absolute Gasteiger partial charge is 0.437 e. The zero-order valence-corrected chi connectivity index (χ0v) is 15.0. The monoisotopic (exact) mass is 396 g/mol. The van der Waals surface area contributed by atoms with E-state index in [9.17, 15) is 27.6 Å². The molecule has 26 heavy (non-hydrogen) atoms. The van der Waals surface area contributed by atoms with Crippen LogP contribution in [-0.4, -0.2) is 41.9 Å². The molecule has 1 aromatic carbocycles. The molecule has 1 heterocycles. The first-order valence-electron chi connectivity index (χ1n) is 7.90. The number of carbonyl (C=O) groups is 1. The molecule has 1 saturated heterocycles. The van der Waals surface area contributed by atoms with E-state index in [0.29, 0.717) is 0 Å². The van der Waals surface area contributed by atoms with Crippen LogP contribution in [0.5, 0.6) is 0 Å². The average molecular weight is 396 g/mol. The van der Waals surface area contributed by atoms with E-state index in [1.54, 1.807) is 18.2 Å². The Kier molecular flexibility index (Phi) is 6.02. The predicted molar refractivity (Wildman–Crippen MR) is 86.5 cm³/mol. The maximum absolute atomic E-state index is 13.7. The van der Waals surface area contributed by atoms with Gasteiger partial charge < -0.3 is 24.8 Å². The van der Waals surface area contributed by atoms with Crippen molar-refractivity contribution in [3.63, 3.8) is 0 Å². The van der Waals surface area contributed by atoms with E-state index < -0.39 is 37.2 Å². The Morgan fingerprint density at radius 2 is 1.73 bits per heavy atom. The highest BCUT2D eigenvalue weighted by atomic mass is 31.2. The fourth-order valence-electron chi connectivity index (χ4n) is 2.88. The third-order valence-electron chi connectivity index (χ3n) is 3.88. The minimum atomic E-state index is -5.33. The molecule has 1 aliphatic rings. The summed E-state index contributed by atoms with van der Waals surface area (Å²) in [4.78, 5) is 11.8. The van der Waals surface area contributed by atoms with E-state index >= 15 is 0 Å². The molecule has 1 aliphatic heterocycles. The molecule has 3 N–H and O–H groups in total. The van der Waals surface area contributed by atoms with Gasteiger partial charge in [-0.1, -0.05) is 30.3 Å². The summed E-state index contributed by atoms with van der Waals surface area (Å²) in [5.74, 6) is 0. The summed E-state index contributed by atoms with van der Waals surface area (Å²) in [7, 11) is -4.51. The SMILES string of the molecule is CCOP(=O)(OCC)C1C(c2ccccc2)NC(=O)NC1(O)C(F)(F)F. The summed E-state index contributed by atoms with van der Waals surface area (Å²) in [6.07, 6.45) is -5.33. The van der Waals surface area contributed by atoms with Gasteiger partial charge in [0.05, 0.1) is 19.3 Å². The van der Waals surface area contributed by atoms with Gasteiger partial charge in [0.2, 0.25) is 0 Å². The van der Waals surface area contributed by atoms with Crippen LogP contribution >= 0.6 is 7.60 Å². The molecule has 3 unspecified atom stereocenters. The van der Waals surface area contributed by atoms with Crippen molar-refractivity contribution in [2.75, 3.05) is 13.2 Å². The van der Waals surface area contributed by atoms with Crippen LogP contribution < -0.4 is 10.6 Å². The average Bonchev–Trinajstić information content (AvgIpc) is 2.54. The van der Waals surface area contributed by atoms with E-state index in [1.807, 2.05) is 0 Å². The van der Waals surface area contributed by atoms with Gasteiger partial charge in [-0.2, -0.15) is 13.2 Å². The first kappa shape index (κ1) is 20.7. The summed E-state index contributed by atoms with van der Waals surface area (Å²) in [5.41, 5.74) is -5.75. The van der Waals surface area contributed by atoms with Gasteiger partial charge in [-0.25, -0.2) is 4.79 Å². The number of aliphatic hydroxyl groups is 1. The number of nitrogens with one attached hydrogen (secondary N) is 2. The van der Waals surface area contributed by atoms with Crippen molar-refractivity contribution in [3.8, 4) is 0 Å². The molecule has 1 aromatic rings. The summed E-state index contributed by atoms with van der Waals surface area (Å²) < 4.78 is 64.5. The van der Waals surface area contributed by atoms with Crippen LogP contribution in [0.25, 0.3) is 0 Å². The van der Waals surface area contributed by atoms with Crippen molar-refractivity contribution in [2.24, 2.45) is 0 Å². The van der Waals surface area contributed by atoms with Gasteiger partial charge in [0.1, 0.15) is 5.66 Å². The predicted octanol–water partition coefficient (Wildman–Crippen LogP) is 2.93. The molecule has 2 rings (SSSR count). The molecule has 1 fully saturated rings. The Morgan fingerprint density at radius 3 is 2.19 bits per heavy atom. The second-order valence-electron chi connectivity index (χ2n) is 5.57. The fraction of sp³-hybridized carbons (Fsp3) is 0.533. The summed E-state index contributed by atoms with van der Waals surface area (Å²) in [6, 6.07) is 4.89. The number of rotatable bonds is 6. The number of halogens is 3. The molecule has 0 saturated carbocycles. The molecular weight excluding hydrogens is 376 g/mol. The quantitative estimate of drug-likeness (QED) is 0.643. The Morgan fingerprint density at radius 1 is 1.19 bits per heavy atom. The molecule has 146 valence electrons. The summed E-state index contributed by atoms with van der Waals surface area (Å²) >= 11 is 0. The van der Waals surface area contributed by atoms with E-state index in [2.05, 4.69) is 5.32 Å². The van der Waals surface area contributed by atoms with Crippen molar-refractivity contribution in [2.45, 2.75) is 37.4 Å². The zero-order valence-electron chi connectivity index (χ0n) is 14.1. The first-order valence-corrected chi connectivity index (χ1v) is 9.51. The zero-order chi connectivity index (χ0) is 19.6. The van der Waals surface area contributed by atoms with Crippen LogP contribution in [0.1, 0.15) is 25.5 Å². The van der Waals surface area contributed by atoms with Crippen molar-refractivity contribution >= 4 is 13.6 Å². The lowest BCUT2D eigenvalue weighted by atomic mass is 9.93. The lowest BCUT2D eigenvalue weighted by molar-refractivity contribution is -0.274. The standard InChI is InChI=1S/C15H20F3N2O5P/c1-3-24-26(23,25-4-2)12-11(10-8-6-5-7-9-10)19-13(21)20-14(12,22)15(16,17)18/h5-9,11-12,22H,3-4H2,1-2H3,(H2,19,20,21). The van der Waals surface area contributed by atoms with Gasteiger partial charge in [0.25, 0.3) is 5.72 Å². The maximum Gasteiger partial charge on any atom is 0.437 e. The van der Waals surface area contributed by atoms with Gasteiger partial charge in [0.15, 0.2) is 0 Å². The van der Waals surface area contributed by atoms with E-state index in [-0.39, 0.29) is 18.8 Å². The molecule has 11 heteroatoms. The molecule has 0 aliphatic carbocycles. The molecular formula is C15H20F3N2O5P. The van der Waals surface area contributed by atoms with Crippen LogP contribution in [0, 0.1) is 0 Å². The van der Waals surface area contributed by atoms with Crippen molar-refractivity contribution < 1.29 is 36.7 Å². The van der Waals surface area contributed by atoms with E-state index in [1.165, 1.54) is 31.3 Å². The number of benzene rings is 1. The number of carbonyl (C=O) groups excluding carboxylic acids is 1. The van der Waals surface area contributed by atoms with E-state index in [4.69, 9.17) is 9.05 Å². The van der Waals surface area contributed by atoms with Crippen molar-refractivity contribution in [3.05, 3.63) is 35.9 Å². The summed E-state index contributed by atoms with van der Waals surface area (Å²) in [6.45, 7) is 2.45. The van der Waals surface area contributed by atoms with Crippen molar-refractivity contribution in [1.82, 2.24) is 10.6 Å². The van der Waals surface area contributed by atoms with Gasteiger partial charge in [-0.15, -0.1) is 0 Å². The second-order valence-corrected chi connectivity index (χ2v) is 7.72. The van der Waals surface area contributed by atoms with Crippen LogP contribution in [-0.2, 0) is 13.6 Å². The Balaban J connectivity index is 2.68. The number of urea groups is 1. The molecule has 0 spiro atoms. The van der Waals surface area contributed by atoms with Crippen LogP contribution in [0.2, 0.25) is 0 Å². The molecule has 3 atom stereocenters. The topological polar surface area (TPSA) is 96.9 Å². The maximum atomic E-state index is 13.7. The Bertz CT molecular complexity index is 678. The molecule has 0 radical (unpaired) electrons. The number of hydrogen-bond acceptors (Lipinski definition) is 5. The number of amides is 2. The highest BCUT2D eigenvalue weighted by Gasteiger charge is 2.70. The highest BCUT2D eigenvalue weighted by Crippen LogP contribution is 2.62. The van der Waals surface area contributed by atoms with E-state index in [0.717, 1.165) is 0 Å². The number of alkyl halides is 3. The smallest absolute Gasteiger partial charge is 0.363 e. The molecule has 0 aromatic heterocycles. The lowest BCUT2D eigenvalue weighted by Gasteiger charge is -2.47. The minimum Gasteiger partial charge on any atom is -0.363 e. The lowest BCUT2D eigenvalue weighted by Crippen LogP contribution is -2.73. The third-order valence-corrected chi connectivity index (χ3v) is 6.47. The van der Waals surface area contributed by atoms with Gasteiger partial charge in [-0.05, 0) is 19.4 Å². The molecule has 0 bridgehead atoms. The second kappa shape index (κ2) is 7.56. The summed E-state index contributed by atoms with van der Waals surface area (Å²) in [5, 5.41) is 14.2. The molecule has 7 nitrogen and oxygen atoms in total. The van der Waals surface area contributed by atoms with Gasteiger partial charge in [0, 0.05) is 0 Å². The minimum absolute atomic E-state index is 0.211. The van der Waals surface area contributed by atoms with Crippen LogP contribution in [0.3, 0.4) is 0 Å². The Hall–Kier alpha value is -1.61. The van der Waals surface area contributed by atoms with Gasteiger partial charge in [-0.3, -0.25) is 4.57 Å². The fourth-order valence-corrected chi connectivity index (χ4v) is 5.27. The van der Waals surface area contributed by atoms with Crippen molar-refractivity contribution in [1.29, 1.82) is 0 Å². The van der Waals surface area contributed by atoms with Crippen LogP contribution in [0.4, 0.5) is 18.0 Å². The normalized spacial score (nSPS) is 26.9. The highest BCUT2D eigenvalue weighted by molar-refractivity contribution is 7.54. The Labute approximate surface area is 148 Å². The number of hydrogen-bond donors (Lipinski definition) is 3.